The highest BCUT2D eigenvalue weighted by atomic mass is 35.5. The number of pyridine rings is 1. The van der Waals surface area contributed by atoms with E-state index in [4.69, 9.17) is 25.9 Å². The molecule has 1 aliphatic rings. The molecule has 0 bridgehead atoms. The number of ether oxygens (including phenoxy) is 2. The number of halogens is 1. The first-order valence-corrected chi connectivity index (χ1v) is 14.5. The van der Waals surface area contributed by atoms with Gasteiger partial charge in [-0.25, -0.2) is 0 Å². The molecule has 4 rings (SSSR count). The summed E-state index contributed by atoms with van der Waals surface area (Å²) in [5.41, 5.74) is 4.62. The van der Waals surface area contributed by atoms with Crippen LogP contribution in [0.1, 0.15) is 29.9 Å². The Morgan fingerprint density at radius 1 is 1.21 bits per heavy atom. The van der Waals surface area contributed by atoms with Crippen LogP contribution in [0, 0.1) is 17.6 Å². The van der Waals surface area contributed by atoms with Gasteiger partial charge in [0.15, 0.2) is 0 Å². The lowest BCUT2D eigenvalue weighted by Gasteiger charge is -2.13. The maximum absolute atomic E-state index is 13.3. The van der Waals surface area contributed by atoms with E-state index in [1.165, 1.54) is 11.8 Å². The summed E-state index contributed by atoms with van der Waals surface area (Å²) in [6, 6.07) is 7.06. The highest BCUT2D eigenvalue weighted by Crippen LogP contribution is 2.35. The lowest BCUT2D eigenvalue weighted by Crippen LogP contribution is -2.14. The van der Waals surface area contributed by atoms with E-state index < -0.39 is 10.7 Å². The Morgan fingerprint density at radius 2 is 2.00 bits per heavy atom. The lowest BCUT2D eigenvalue weighted by molar-refractivity contribution is 0.102. The van der Waals surface area contributed by atoms with Gasteiger partial charge in [0.2, 0.25) is 5.13 Å². The van der Waals surface area contributed by atoms with Crippen LogP contribution >= 0.6 is 22.9 Å². The minimum atomic E-state index is -0.562. The fraction of sp³-hybridized carbons (Fsp3) is 0.259. The van der Waals surface area contributed by atoms with Gasteiger partial charge in [0.05, 0.1) is 12.7 Å². The number of hydrogen-bond donors (Lipinski definition) is 2. The summed E-state index contributed by atoms with van der Waals surface area (Å²) < 4.78 is 19.4. The smallest absolute Gasteiger partial charge is 0.296 e. The van der Waals surface area contributed by atoms with Gasteiger partial charge in [-0.05, 0) is 73.3 Å². The van der Waals surface area contributed by atoms with Crippen molar-refractivity contribution < 1.29 is 14.3 Å². The molecular formula is C27H28ClN5O3S2. The van der Waals surface area contributed by atoms with Crippen LogP contribution in [0.4, 0.5) is 5.13 Å². The van der Waals surface area contributed by atoms with E-state index in [0.29, 0.717) is 44.4 Å². The SMILES string of the molecule is COc1ccc(Cl)cc1-c1cc(C)ncc1C(=O)Nc1nnc(OCC2=C(C)C(C)C=C([S@](C)=N)C=C2)s1. The molecule has 38 heavy (non-hydrogen) atoms. The van der Waals surface area contributed by atoms with E-state index in [0.717, 1.165) is 27.5 Å². The number of benzene rings is 1. The predicted octanol–water partition coefficient (Wildman–Crippen LogP) is 6.62. The Hall–Kier alpha value is -3.34. The van der Waals surface area contributed by atoms with Crippen LogP contribution in [0.2, 0.25) is 5.02 Å². The number of anilines is 1. The quantitative estimate of drug-likeness (QED) is 0.315. The maximum Gasteiger partial charge on any atom is 0.296 e. The molecule has 0 saturated heterocycles. The van der Waals surface area contributed by atoms with Gasteiger partial charge in [0, 0.05) is 32.9 Å². The molecule has 0 aliphatic heterocycles. The fourth-order valence-electron chi connectivity index (χ4n) is 3.88. The highest BCUT2D eigenvalue weighted by Gasteiger charge is 2.20. The average Bonchev–Trinajstić information content (AvgIpc) is 3.28. The third kappa shape index (κ3) is 6.38. The fourth-order valence-corrected chi connectivity index (χ4v) is 5.32. The van der Waals surface area contributed by atoms with E-state index in [1.807, 2.05) is 31.4 Å². The van der Waals surface area contributed by atoms with Crippen LogP contribution < -0.4 is 14.8 Å². The summed E-state index contributed by atoms with van der Waals surface area (Å²) in [6.07, 6.45) is 9.52. The van der Waals surface area contributed by atoms with Crippen molar-refractivity contribution in [3.8, 4) is 22.1 Å². The first-order chi connectivity index (χ1) is 18.2. The summed E-state index contributed by atoms with van der Waals surface area (Å²) in [7, 11) is 1.01. The lowest BCUT2D eigenvalue weighted by atomic mass is 9.98. The predicted molar refractivity (Wildman–Crippen MR) is 154 cm³/mol. The van der Waals surface area contributed by atoms with Crippen molar-refractivity contribution in [1.29, 1.82) is 4.78 Å². The van der Waals surface area contributed by atoms with Crippen LogP contribution in [-0.2, 0) is 10.7 Å². The monoisotopic (exact) mass is 569 g/mol. The van der Waals surface area contributed by atoms with Crippen LogP contribution in [0.3, 0.4) is 0 Å². The molecule has 0 radical (unpaired) electrons. The molecule has 2 N–H and O–H groups in total. The Bertz CT molecular complexity index is 1500. The van der Waals surface area contributed by atoms with Crippen LogP contribution in [0.15, 0.2) is 64.7 Å². The zero-order chi connectivity index (χ0) is 27.4. The van der Waals surface area contributed by atoms with Gasteiger partial charge in [-0.15, -0.1) is 5.10 Å². The van der Waals surface area contributed by atoms with Crippen LogP contribution in [0.25, 0.3) is 11.1 Å². The number of rotatable bonds is 8. The summed E-state index contributed by atoms with van der Waals surface area (Å²) in [4.78, 5) is 18.6. The van der Waals surface area contributed by atoms with Gasteiger partial charge in [-0.1, -0.05) is 52.0 Å². The van der Waals surface area contributed by atoms with Gasteiger partial charge >= 0.3 is 0 Å². The molecule has 3 aromatic rings. The molecule has 8 nitrogen and oxygen atoms in total. The van der Waals surface area contributed by atoms with E-state index in [-0.39, 0.29) is 11.8 Å². The molecule has 2 heterocycles. The van der Waals surface area contributed by atoms with Gasteiger partial charge in [0.25, 0.3) is 11.1 Å². The first kappa shape index (κ1) is 27.7. The van der Waals surface area contributed by atoms with E-state index in [2.05, 4.69) is 40.4 Å². The third-order valence-electron chi connectivity index (χ3n) is 6.12. The van der Waals surface area contributed by atoms with Crippen molar-refractivity contribution in [3.63, 3.8) is 0 Å². The van der Waals surface area contributed by atoms with Crippen molar-refractivity contribution in [2.75, 3.05) is 25.3 Å². The Morgan fingerprint density at radius 3 is 2.74 bits per heavy atom. The number of carbonyl (C=O) groups is 1. The van der Waals surface area contributed by atoms with Crippen molar-refractivity contribution in [2.24, 2.45) is 5.92 Å². The number of hydrogen-bond acceptors (Lipinski definition) is 8. The number of aryl methyl sites for hydroxylation is 1. The molecule has 1 amide bonds. The van der Waals surface area contributed by atoms with E-state index in [9.17, 15) is 4.79 Å². The Kier molecular flexibility index (Phi) is 8.76. The van der Waals surface area contributed by atoms with E-state index >= 15 is 0 Å². The highest BCUT2D eigenvalue weighted by molar-refractivity contribution is 7.89. The number of nitrogens with zero attached hydrogens (tertiary/aromatic N) is 3. The average molecular weight is 570 g/mol. The number of carbonyl (C=O) groups excluding carboxylic acids is 1. The number of allylic oxidation sites excluding steroid dienone is 3. The Balaban J connectivity index is 1.50. The van der Waals surface area contributed by atoms with Crippen LogP contribution in [0.5, 0.6) is 10.9 Å². The Labute approximate surface area is 233 Å². The number of aromatic nitrogens is 3. The van der Waals surface area contributed by atoms with Crippen molar-refractivity contribution in [1.82, 2.24) is 15.2 Å². The third-order valence-corrected chi connectivity index (χ3v) is 8.09. The molecular weight excluding hydrogens is 542 g/mol. The second kappa shape index (κ2) is 12.0. The number of methoxy groups -OCH3 is 1. The zero-order valence-electron chi connectivity index (χ0n) is 21.7. The van der Waals surface area contributed by atoms with Gasteiger partial charge < -0.3 is 9.47 Å². The molecule has 1 aromatic carbocycles. The summed E-state index contributed by atoms with van der Waals surface area (Å²) in [6.45, 7) is 6.34. The van der Waals surface area contributed by atoms with Gasteiger partial charge in [0.1, 0.15) is 12.4 Å². The van der Waals surface area contributed by atoms with Crippen molar-refractivity contribution >= 4 is 44.7 Å². The van der Waals surface area contributed by atoms with Gasteiger partial charge in [-0.2, -0.15) is 0 Å². The zero-order valence-corrected chi connectivity index (χ0v) is 24.1. The topological polar surface area (TPSA) is 110 Å². The molecule has 1 unspecified atom stereocenters. The normalized spacial score (nSPS) is 16.1. The molecule has 0 spiro atoms. The maximum atomic E-state index is 13.3. The summed E-state index contributed by atoms with van der Waals surface area (Å²) >= 11 is 7.38. The second-order valence-corrected chi connectivity index (χ2v) is 11.6. The standard InChI is InChI=1S/C27H28ClN5O3S2/c1-15-10-20(38(5)29)8-6-18(17(15)3)14-36-27-33-32-26(37-27)31-25(34)23-13-30-16(2)11-21(23)22-12-19(28)7-9-24(22)35-4/h6-13,15,29H,14H2,1-5H3,(H,31,32,34)/t15?,38-/m0/s1. The molecule has 1 aliphatic carbocycles. The second-order valence-electron chi connectivity index (χ2n) is 8.74. The molecule has 2 aromatic heterocycles. The summed E-state index contributed by atoms with van der Waals surface area (Å²) in [5.74, 6) is 0.408. The largest absolute Gasteiger partial charge is 0.496 e. The molecule has 2 atom stereocenters. The minimum absolute atomic E-state index is 0.207. The van der Waals surface area contributed by atoms with Crippen molar-refractivity contribution in [3.05, 3.63) is 81.0 Å². The molecule has 0 saturated carbocycles. The van der Waals surface area contributed by atoms with Crippen LogP contribution in [-0.4, -0.2) is 41.1 Å². The van der Waals surface area contributed by atoms with E-state index in [1.54, 1.807) is 25.3 Å². The van der Waals surface area contributed by atoms with Crippen molar-refractivity contribution in [2.45, 2.75) is 20.8 Å². The first-order valence-electron chi connectivity index (χ1n) is 11.7. The number of nitrogens with one attached hydrogen (secondary N) is 2. The minimum Gasteiger partial charge on any atom is -0.496 e. The van der Waals surface area contributed by atoms with Gasteiger partial charge in [-0.3, -0.25) is 19.9 Å². The molecule has 0 fully saturated rings. The summed E-state index contributed by atoms with van der Waals surface area (Å²) in [5, 5.41) is 12.1. The molecule has 11 heteroatoms. The number of amides is 1. The molecule has 198 valence electrons.